The Hall–Kier alpha value is -3.49. The average Bonchev–Trinajstić information content (AvgIpc) is 3.29. The van der Waals surface area contributed by atoms with Crippen LogP contribution in [0.3, 0.4) is 0 Å². The first-order valence-corrected chi connectivity index (χ1v) is 13.0. The molecule has 0 unspecified atom stereocenters. The standard InChI is InChI=1S/C27H28ClN5O2S/c1-3-35-23-13-11-21(12-14-23)29-18-25-31-32-27(33(25)22-7-5-4-6-8-22)36-16-15-26(34)30-24-17-20(28)10-9-19(24)2/h4-14,17,29H,3,15-16,18H2,1-2H3,(H,30,34). The number of ether oxygens (including phenoxy) is 1. The third kappa shape index (κ3) is 6.80. The Balaban J connectivity index is 1.41. The molecule has 9 heteroatoms. The van der Waals surface area contributed by atoms with E-state index in [1.165, 1.54) is 11.8 Å². The molecular formula is C27H28ClN5O2S. The molecule has 1 amide bonds. The summed E-state index contributed by atoms with van der Waals surface area (Å²) >= 11 is 7.56. The Kier molecular flexibility index (Phi) is 8.86. The Labute approximate surface area is 220 Å². The van der Waals surface area contributed by atoms with Crippen molar-refractivity contribution in [3.05, 3.63) is 89.2 Å². The minimum Gasteiger partial charge on any atom is -0.494 e. The van der Waals surface area contributed by atoms with Gasteiger partial charge in [-0.1, -0.05) is 47.6 Å². The van der Waals surface area contributed by atoms with Crippen LogP contribution in [0.25, 0.3) is 5.69 Å². The number of aryl methyl sites for hydroxylation is 1. The smallest absolute Gasteiger partial charge is 0.225 e. The fraction of sp³-hybridized carbons (Fsp3) is 0.222. The van der Waals surface area contributed by atoms with Crippen molar-refractivity contribution < 1.29 is 9.53 Å². The van der Waals surface area contributed by atoms with E-state index in [1.54, 1.807) is 12.1 Å². The van der Waals surface area contributed by atoms with Gasteiger partial charge in [-0.15, -0.1) is 10.2 Å². The monoisotopic (exact) mass is 521 g/mol. The van der Waals surface area contributed by atoms with Crippen LogP contribution in [0, 0.1) is 6.92 Å². The van der Waals surface area contributed by atoms with E-state index in [-0.39, 0.29) is 5.91 Å². The zero-order valence-electron chi connectivity index (χ0n) is 20.2. The lowest BCUT2D eigenvalue weighted by Crippen LogP contribution is -2.13. The Morgan fingerprint density at radius 1 is 1.06 bits per heavy atom. The van der Waals surface area contributed by atoms with Gasteiger partial charge in [0.15, 0.2) is 11.0 Å². The summed E-state index contributed by atoms with van der Waals surface area (Å²) < 4.78 is 7.53. The van der Waals surface area contributed by atoms with Gasteiger partial charge in [-0.25, -0.2) is 0 Å². The lowest BCUT2D eigenvalue weighted by Gasteiger charge is -2.12. The third-order valence-corrected chi connectivity index (χ3v) is 6.53. The molecule has 0 fully saturated rings. The van der Waals surface area contributed by atoms with E-state index in [1.807, 2.05) is 79.1 Å². The van der Waals surface area contributed by atoms with Gasteiger partial charge in [0.1, 0.15) is 5.75 Å². The van der Waals surface area contributed by atoms with Gasteiger partial charge in [0, 0.05) is 34.3 Å². The van der Waals surface area contributed by atoms with Crippen LogP contribution in [0.15, 0.2) is 78.0 Å². The zero-order valence-corrected chi connectivity index (χ0v) is 21.8. The molecule has 0 saturated heterocycles. The molecule has 0 saturated carbocycles. The number of benzene rings is 3. The number of carbonyl (C=O) groups is 1. The fourth-order valence-corrected chi connectivity index (χ4v) is 4.62. The van der Waals surface area contributed by atoms with Crippen molar-refractivity contribution in [2.24, 2.45) is 0 Å². The molecule has 0 atom stereocenters. The number of anilines is 2. The molecule has 0 spiro atoms. The number of hydrogen-bond donors (Lipinski definition) is 2. The van der Waals surface area contributed by atoms with Crippen LogP contribution in [0.5, 0.6) is 5.75 Å². The van der Waals surface area contributed by atoms with Crippen molar-refractivity contribution in [1.29, 1.82) is 0 Å². The topological polar surface area (TPSA) is 81.1 Å². The molecule has 186 valence electrons. The summed E-state index contributed by atoms with van der Waals surface area (Å²) in [6, 6.07) is 23.2. The Morgan fingerprint density at radius 3 is 2.58 bits per heavy atom. The quantitative estimate of drug-likeness (QED) is 0.223. The van der Waals surface area contributed by atoms with Crippen molar-refractivity contribution in [1.82, 2.24) is 14.8 Å². The second-order valence-electron chi connectivity index (χ2n) is 7.99. The number of para-hydroxylation sites is 1. The lowest BCUT2D eigenvalue weighted by molar-refractivity contribution is -0.115. The van der Waals surface area contributed by atoms with Gasteiger partial charge in [0.05, 0.1) is 13.2 Å². The normalized spacial score (nSPS) is 10.8. The number of nitrogens with one attached hydrogen (secondary N) is 2. The molecule has 0 aliphatic heterocycles. The molecule has 0 bridgehead atoms. The summed E-state index contributed by atoms with van der Waals surface area (Å²) in [5.41, 5.74) is 3.62. The predicted octanol–water partition coefficient (Wildman–Crippen LogP) is 6.36. The Bertz CT molecular complexity index is 1300. The predicted molar refractivity (Wildman–Crippen MR) is 146 cm³/mol. The van der Waals surface area contributed by atoms with Gasteiger partial charge < -0.3 is 15.4 Å². The average molecular weight is 522 g/mol. The second kappa shape index (κ2) is 12.5. The number of thioether (sulfide) groups is 1. The van der Waals surface area contributed by atoms with E-state index in [9.17, 15) is 4.79 Å². The van der Waals surface area contributed by atoms with Gasteiger partial charge >= 0.3 is 0 Å². The molecule has 36 heavy (non-hydrogen) atoms. The first-order chi connectivity index (χ1) is 17.5. The van der Waals surface area contributed by atoms with Gasteiger partial charge in [0.25, 0.3) is 0 Å². The molecule has 4 aromatic rings. The van der Waals surface area contributed by atoms with Crippen molar-refractivity contribution in [3.8, 4) is 11.4 Å². The molecule has 1 heterocycles. The summed E-state index contributed by atoms with van der Waals surface area (Å²) in [5, 5.41) is 16.5. The van der Waals surface area contributed by atoms with Gasteiger partial charge in [-0.05, 0) is 67.9 Å². The number of aromatic nitrogens is 3. The highest BCUT2D eigenvalue weighted by molar-refractivity contribution is 7.99. The fourth-order valence-electron chi connectivity index (χ4n) is 3.54. The van der Waals surface area contributed by atoms with Crippen molar-refractivity contribution >= 4 is 40.6 Å². The largest absolute Gasteiger partial charge is 0.494 e. The van der Waals surface area contributed by atoms with Crippen LogP contribution < -0.4 is 15.4 Å². The highest BCUT2D eigenvalue weighted by Gasteiger charge is 2.15. The van der Waals surface area contributed by atoms with E-state index in [2.05, 4.69) is 20.8 Å². The molecule has 7 nitrogen and oxygen atoms in total. The lowest BCUT2D eigenvalue weighted by atomic mass is 10.2. The van der Waals surface area contributed by atoms with E-state index < -0.39 is 0 Å². The highest BCUT2D eigenvalue weighted by atomic mass is 35.5. The summed E-state index contributed by atoms with van der Waals surface area (Å²) in [6.07, 6.45) is 0.331. The molecule has 3 aromatic carbocycles. The molecular weight excluding hydrogens is 494 g/mol. The number of rotatable bonds is 11. The molecule has 4 rings (SSSR count). The minimum atomic E-state index is -0.0731. The maximum atomic E-state index is 12.5. The zero-order chi connectivity index (χ0) is 25.3. The molecule has 0 radical (unpaired) electrons. The molecule has 0 aliphatic rings. The number of amides is 1. The second-order valence-corrected chi connectivity index (χ2v) is 9.49. The minimum absolute atomic E-state index is 0.0731. The summed E-state index contributed by atoms with van der Waals surface area (Å²) in [4.78, 5) is 12.5. The van der Waals surface area contributed by atoms with E-state index >= 15 is 0 Å². The van der Waals surface area contributed by atoms with Crippen LogP contribution >= 0.6 is 23.4 Å². The van der Waals surface area contributed by atoms with Crippen molar-refractivity contribution in [3.63, 3.8) is 0 Å². The molecule has 1 aromatic heterocycles. The summed E-state index contributed by atoms with van der Waals surface area (Å²) in [7, 11) is 0. The number of halogens is 1. The van der Waals surface area contributed by atoms with E-state index in [0.29, 0.717) is 30.3 Å². The van der Waals surface area contributed by atoms with Crippen LogP contribution in [-0.2, 0) is 11.3 Å². The van der Waals surface area contributed by atoms with E-state index in [4.69, 9.17) is 16.3 Å². The summed E-state index contributed by atoms with van der Waals surface area (Å²) in [5.74, 6) is 2.10. The summed E-state index contributed by atoms with van der Waals surface area (Å²) in [6.45, 7) is 5.02. The van der Waals surface area contributed by atoms with Crippen molar-refractivity contribution in [2.45, 2.75) is 32.0 Å². The number of carbonyl (C=O) groups excluding carboxylic acids is 1. The first kappa shape index (κ1) is 25.6. The number of nitrogens with zero attached hydrogens (tertiary/aromatic N) is 3. The van der Waals surface area contributed by atoms with E-state index in [0.717, 1.165) is 39.4 Å². The Morgan fingerprint density at radius 2 is 1.83 bits per heavy atom. The van der Waals surface area contributed by atoms with Crippen LogP contribution in [0.2, 0.25) is 5.02 Å². The van der Waals surface area contributed by atoms with Gasteiger partial charge in [-0.3, -0.25) is 9.36 Å². The van der Waals surface area contributed by atoms with Crippen LogP contribution in [0.4, 0.5) is 11.4 Å². The first-order valence-electron chi connectivity index (χ1n) is 11.7. The number of hydrogen-bond acceptors (Lipinski definition) is 6. The third-order valence-electron chi connectivity index (χ3n) is 5.36. The van der Waals surface area contributed by atoms with Crippen LogP contribution in [0.1, 0.15) is 24.7 Å². The highest BCUT2D eigenvalue weighted by Crippen LogP contribution is 2.25. The molecule has 0 aliphatic carbocycles. The van der Waals surface area contributed by atoms with Gasteiger partial charge in [0.2, 0.25) is 5.91 Å². The van der Waals surface area contributed by atoms with Crippen LogP contribution in [-0.4, -0.2) is 33.0 Å². The van der Waals surface area contributed by atoms with Crippen molar-refractivity contribution in [2.75, 3.05) is 23.0 Å². The van der Waals surface area contributed by atoms with Gasteiger partial charge in [-0.2, -0.15) is 0 Å². The maximum absolute atomic E-state index is 12.5. The molecule has 2 N–H and O–H groups in total. The SMILES string of the molecule is CCOc1ccc(NCc2nnc(SCCC(=O)Nc3cc(Cl)ccc3C)n2-c2ccccc2)cc1. The maximum Gasteiger partial charge on any atom is 0.225 e.